The first-order chi connectivity index (χ1) is 6.60. The minimum Gasteiger partial charge on any atom is -0.465 e. The van der Waals surface area contributed by atoms with E-state index in [4.69, 9.17) is 17.3 Å². The van der Waals surface area contributed by atoms with E-state index in [1.165, 1.54) is 7.11 Å². The highest BCUT2D eigenvalue weighted by Gasteiger charge is 2.15. The highest BCUT2D eigenvalue weighted by molar-refractivity contribution is 9.10. The topological polar surface area (TPSA) is 52.3 Å². The van der Waals surface area contributed by atoms with Gasteiger partial charge in [-0.2, -0.15) is 0 Å². The Morgan fingerprint density at radius 3 is 2.79 bits per heavy atom. The van der Waals surface area contributed by atoms with Crippen molar-refractivity contribution < 1.29 is 9.53 Å². The number of hydrogen-bond donors (Lipinski definition) is 1. The molecule has 0 radical (unpaired) electrons. The number of rotatable bonds is 2. The van der Waals surface area contributed by atoms with Gasteiger partial charge in [-0.25, -0.2) is 4.79 Å². The molecule has 5 heteroatoms. The number of benzene rings is 1. The van der Waals surface area contributed by atoms with Crippen LogP contribution in [0.3, 0.4) is 0 Å². The summed E-state index contributed by atoms with van der Waals surface area (Å²) >= 11 is 9.17. The fourth-order valence-corrected chi connectivity index (χ4v) is 2.07. The van der Waals surface area contributed by atoms with Gasteiger partial charge in [0.25, 0.3) is 0 Å². The van der Waals surface area contributed by atoms with Crippen LogP contribution in [0.25, 0.3) is 0 Å². The Morgan fingerprint density at radius 1 is 1.64 bits per heavy atom. The molecular formula is C9H9BrClNO2. The quantitative estimate of drug-likeness (QED) is 0.845. The van der Waals surface area contributed by atoms with Gasteiger partial charge in [0.2, 0.25) is 0 Å². The molecule has 0 atom stereocenters. The van der Waals surface area contributed by atoms with Crippen molar-refractivity contribution in [2.75, 3.05) is 7.11 Å². The molecule has 0 amide bonds. The van der Waals surface area contributed by atoms with E-state index < -0.39 is 5.97 Å². The standard InChI is InChI=1S/C9H9BrClNO2/c1-14-9(13)8-5(4-12)2-6(10)3-7(8)11/h2-3H,4,12H2,1H3. The van der Waals surface area contributed by atoms with E-state index in [9.17, 15) is 4.79 Å². The second-order valence-electron chi connectivity index (χ2n) is 2.62. The molecule has 0 bridgehead atoms. The molecule has 0 aliphatic rings. The molecule has 1 rings (SSSR count). The van der Waals surface area contributed by atoms with E-state index in [0.29, 0.717) is 16.1 Å². The summed E-state index contributed by atoms with van der Waals surface area (Å²) in [5, 5.41) is 0.340. The van der Waals surface area contributed by atoms with Crippen LogP contribution in [0.2, 0.25) is 5.02 Å². The second-order valence-corrected chi connectivity index (χ2v) is 3.94. The number of carbonyl (C=O) groups excluding carboxylic acids is 1. The number of halogens is 2. The third-order valence-corrected chi connectivity index (χ3v) is 2.50. The smallest absolute Gasteiger partial charge is 0.339 e. The summed E-state index contributed by atoms with van der Waals surface area (Å²) in [6, 6.07) is 3.38. The monoisotopic (exact) mass is 277 g/mol. The molecule has 1 aromatic carbocycles. The van der Waals surface area contributed by atoms with Gasteiger partial charge in [0.1, 0.15) is 0 Å². The minimum atomic E-state index is -0.469. The molecule has 0 saturated heterocycles. The van der Waals surface area contributed by atoms with E-state index >= 15 is 0 Å². The van der Waals surface area contributed by atoms with Crippen molar-refractivity contribution in [2.45, 2.75) is 6.54 Å². The highest BCUT2D eigenvalue weighted by atomic mass is 79.9. The number of esters is 1. The molecule has 0 heterocycles. The Kier molecular flexibility index (Phi) is 3.92. The lowest BCUT2D eigenvalue weighted by atomic mass is 10.1. The maximum Gasteiger partial charge on any atom is 0.339 e. The van der Waals surface area contributed by atoms with Crippen molar-refractivity contribution >= 4 is 33.5 Å². The van der Waals surface area contributed by atoms with Crippen LogP contribution in [-0.4, -0.2) is 13.1 Å². The van der Waals surface area contributed by atoms with E-state index in [1.807, 2.05) is 0 Å². The lowest BCUT2D eigenvalue weighted by Crippen LogP contribution is -2.10. The van der Waals surface area contributed by atoms with Gasteiger partial charge in [-0.1, -0.05) is 27.5 Å². The van der Waals surface area contributed by atoms with E-state index in [2.05, 4.69) is 20.7 Å². The normalized spacial score (nSPS) is 10.0. The molecular weight excluding hydrogens is 269 g/mol. The predicted molar refractivity (Wildman–Crippen MR) is 58.4 cm³/mol. The summed E-state index contributed by atoms with van der Waals surface area (Å²) < 4.78 is 5.39. The maximum atomic E-state index is 11.3. The third kappa shape index (κ3) is 2.26. The first kappa shape index (κ1) is 11.5. The van der Waals surface area contributed by atoms with E-state index in [1.54, 1.807) is 12.1 Å². The molecule has 2 N–H and O–H groups in total. The van der Waals surface area contributed by atoms with E-state index in [-0.39, 0.29) is 6.54 Å². The van der Waals surface area contributed by atoms with Gasteiger partial charge in [-0.3, -0.25) is 0 Å². The highest BCUT2D eigenvalue weighted by Crippen LogP contribution is 2.26. The summed E-state index contributed by atoms with van der Waals surface area (Å²) in [4.78, 5) is 11.3. The zero-order valence-corrected chi connectivity index (χ0v) is 9.85. The summed E-state index contributed by atoms with van der Waals surface area (Å²) in [6.07, 6.45) is 0. The predicted octanol–water partition coefficient (Wildman–Crippen LogP) is 2.35. The number of methoxy groups -OCH3 is 1. The molecule has 0 spiro atoms. The maximum absolute atomic E-state index is 11.3. The van der Waals surface area contributed by atoms with Crippen LogP contribution in [0.5, 0.6) is 0 Å². The second kappa shape index (κ2) is 4.77. The molecule has 0 aromatic heterocycles. The number of carbonyl (C=O) groups is 1. The fourth-order valence-electron chi connectivity index (χ4n) is 1.12. The molecule has 0 unspecified atom stereocenters. The number of nitrogens with two attached hydrogens (primary N) is 1. The van der Waals surface area contributed by atoms with Gasteiger partial charge in [0.05, 0.1) is 17.7 Å². The van der Waals surface area contributed by atoms with Gasteiger partial charge >= 0.3 is 5.97 Å². The average molecular weight is 279 g/mol. The summed E-state index contributed by atoms with van der Waals surface area (Å²) in [7, 11) is 1.31. The Hall–Kier alpha value is -0.580. The molecule has 1 aromatic rings. The zero-order chi connectivity index (χ0) is 10.7. The average Bonchev–Trinajstić information content (AvgIpc) is 2.15. The first-order valence-electron chi connectivity index (χ1n) is 3.86. The number of hydrogen-bond acceptors (Lipinski definition) is 3. The van der Waals surface area contributed by atoms with Gasteiger partial charge in [0, 0.05) is 11.0 Å². The van der Waals surface area contributed by atoms with Crippen LogP contribution >= 0.6 is 27.5 Å². The van der Waals surface area contributed by atoms with Crippen molar-refractivity contribution in [3.05, 3.63) is 32.8 Å². The van der Waals surface area contributed by atoms with Crippen LogP contribution in [0.15, 0.2) is 16.6 Å². The molecule has 0 fully saturated rings. The Labute approximate surface area is 95.3 Å². The summed E-state index contributed by atoms with van der Waals surface area (Å²) in [5.74, 6) is -0.469. The fraction of sp³-hybridized carbons (Fsp3) is 0.222. The zero-order valence-electron chi connectivity index (χ0n) is 7.51. The minimum absolute atomic E-state index is 0.240. The van der Waals surface area contributed by atoms with Crippen molar-refractivity contribution in [3.8, 4) is 0 Å². The lowest BCUT2D eigenvalue weighted by molar-refractivity contribution is 0.0599. The van der Waals surface area contributed by atoms with Gasteiger partial charge in [-0.05, 0) is 17.7 Å². The van der Waals surface area contributed by atoms with Crippen molar-refractivity contribution in [2.24, 2.45) is 5.73 Å². The Balaban J connectivity index is 3.32. The van der Waals surface area contributed by atoms with Crippen LogP contribution in [-0.2, 0) is 11.3 Å². The summed E-state index contributed by atoms with van der Waals surface area (Å²) in [5.41, 5.74) is 6.49. The van der Waals surface area contributed by atoms with Gasteiger partial charge < -0.3 is 10.5 Å². The van der Waals surface area contributed by atoms with Crippen molar-refractivity contribution in [1.29, 1.82) is 0 Å². The Bertz CT molecular complexity index is 368. The van der Waals surface area contributed by atoms with Crippen LogP contribution in [0, 0.1) is 0 Å². The molecule has 0 aliphatic carbocycles. The summed E-state index contributed by atoms with van der Waals surface area (Å²) in [6.45, 7) is 0.240. The SMILES string of the molecule is COC(=O)c1c(Cl)cc(Br)cc1CN. The Morgan fingerprint density at radius 2 is 2.29 bits per heavy atom. The van der Waals surface area contributed by atoms with Gasteiger partial charge in [-0.15, -0.1) is 0 Å². The van der Waals surface area contributed by atoms with E-state index in [0.717, 1.165) is 4.47 Å². The molecule has 3 nitrogen and oxygen atoms in total. The van der Waals surface area contributed by atoms with Crippen molar-refractivity contribution in [1.82, 2.24) is 0 Å². The first-order valence-corrected chi connectivity index (χ1v) is 5.03. The van der Waals surface area contributed by atoms with Gasteiger partial charge in [0.15, 0.2) is 0 Å². The van der Waals surface area contributed by atoms with Crippen LogP contribution in [0.4, 0.5) is 0 Å². The van der Waals surface area contributed by atoms with Crippen LogP contribution in [0.1, 0.15) is 15.9 Å². The molecule has 76 valence electrons. The molecule has 0 aliphatic heterocycles. The largest absolute Gasteiger partial charge is 0.465 e. The molecule has 14 heavy (non-hydrogen) atoms. The number of ether oxygens (including phenoxy) is 1. The molecule has 0 saturated carbocycles. The lowest BCUT2D eigenvalue weighted by Gasteiger charge is -2.08. The van der Waals surface area contributed by atoms with Crippen molar-refractivity contribution in [3.63, 3.8) is 0 Å². The van der Waals surface area contributed by atoms with Crippen LogP contribution < -0.4 is 5.73 Å². The third-order valence-electron chi connectivity index (χ3n) is 1.75.